The number of esters is 1. The minimum Gasteiger partial charge on any atom is -0.461 e. The van der Waals surface area contributed by atoms with Gasteiger partial charge in [-0.25, -0.2) is 9.48 Å². The summed E-state index contributed by atoms with van der Waals surface area (Å²) in [5.41, 5.74) is 3.48. The van der Waals surface area contributed by atoms with Gasteiger partial charge in [0, 0.05) is 29.2 Å². The van der Waals surface area contributed by atoms with Crippen molar-refractivity contribution in [1.29, 1.82) is 0 Å². The number of fused-ring (bicyclic) bond motifs is 2. The molecule has 0 spiro atoms. The summed E-state index contributed by atoms with van der Waals surface area (Å²) in [6.45, 7) is 1.77. The number of nitrogens with one attached hydrogen (secondary N) is 2. The first-order valence-corrected chi connectivity index (χ1v) is 15.0. The highest BCUT2D eigenvalue weighted by Crippen LogP contribution is 2.32. The average Bonchev–Trinajstić information content (AvgIpc) is 3.53. The number of carbonyl (C=O) groups excluding carboxylic acids is 3. The fourth-order valence-electron chi connectivity index (χ4n) is 6.16. The van der Waals surface area contributed by atoms with Crippen LogP contribution in [-0.4, -0.2) is 44.9 Å². The molecule has 44 heavy (non-hydrogen) atoms. The summed E-state index contributed by atoms with van der Waals surface area (Å²) in [4.78, 5) is 51.8. The van der Waals surface area contributed by atoms with Crippen LogP contribution >= 0.6 is 0 Å². The summed E-state index contributed by atoms with van der Waals surface area (Å²) in [5, 5.41) is 6.70. The lowest BCUT2D eigenvalue weighted by Crippen LogP contribution is -2.32. The van der Waals surface area contributed by atoms with Crippen molar-refractivity contribution in [2.75, 3.05) is 18.5 Å². The molecule has 3 aromatic carbocycles. The molecule has 0 unspecified atom stereocenters. The van der Waals surface area contributed by atoms with Crippen LogP contribution in [-0.2, 0) is 16.6 Å². The zero-order chi connectivity index (χ0) is 30.8. The Balaban J connectivity index is 1.19. The number of rotatable bonds is 8. The molecule has 1 aliphatic carbocycles. The van der Waals surface area contributed by atoms with E-state index in [9.17, 15) is 19.2 Å². The van der Waals surface area contributed by atoms with Crippen molar-refractivity contribution in [3.63, 3.8) is 0 Å². The van der Waals surface area contributed by atoms with E-state index in [-0.39, 0.29) is 24.8 Å². The lowest BCUT2D eigenvalue weighted by atomic mass is 9.95. The quantitative estimate of drug-likeness (QED) is 0.236. The Morgan fingerprint density at radius 2 is 1.66 bits per heavy atom. The van der Waals surface area contributed by atoms with Gasteiger partial charge in [-0.3, -0.25) is 19.1 Å². The number of ether oxygens (including phenoxy) is 1. The van der Waals surface area contributed by atoms with E-state index in [0.29, 0.717) is 22.3 Å². The minimum atomic E-state index is -0.448. The molecule has 1 fully saturated rings. The molecule has 2 aromatic heterocycles. The monoisotopic (exact) mass is 593 g/mol. The van der Waals surface area contributed by atoms with Gasteiger partial charge in [-0.05, 0) is 74.4 Å². The second-order valence-electron chi connectivity index (χ2n) is 11.1. The molecule has 0 aliphatic heterocycles. The predicted molar refractivity (Wildman–Crippen MR) is 169 cm³/mol. The number of aromatic nitrogens is 3. The van der Waals surface area contributed by atoms with Crippen LogP contribution in [0.1, 0.15) is 65.9 Å². The van der Waals surface area contributed by atoms with Gasteiger partial charge in [-0.2, -0.15) is 0 Å². The number of carbonyl (C=O) groups is 3. The van der Waals surface area contributed by atoms with E-state index in [0.717, 1.165) is 47.8 Å². The van der Waals surface area contributed by atoms with E-state index in [4.69, 9.17) is 4.74 Å². The van der Waals surface area contributed by atoms with Crippen LogP contribution in [0.5, 0.6) is 0 Å². The van der Waals surface area contributed by atoms with Gasteiger partial charge < -0.3 is 19.9 Å². The maximum Gasteiger partial charge on any atom is 0.354 e. The van der Waals surface area contributed by atoms with E-state index in [2.05, 4.69) is 15.3 Å². The molecule has 2 heterocycles. The van der Waals surface area contributed by atoms with Gasteiger partial charge in [0.2, 0.25) is 5.91 Å². The van der Waals surface area contributed by atoms with E-state index >= 15 is 0 Å². The maximum absolute atomic E-state index is 13.7. The summed E-state index contributed by atoms with van der Waals surface area (Å²) >= 11 is 0. The van der Waals surface area contributed by atoms with Crippen molar-refractivity contribution >= 4 is 45.3 Å². The van der Waals surface area contributed by atoms with Crippen molar-refractivity contribution in [2.45, 2.75) is 45.1 Å². The summed E-state index contributed by atoms with van der Waals surface area (Å²) in [6.07, 6.45) is 5.42. The Bertz CT molecular complexity index is 1930. The Labute approximate surface area is 254 Å². The lowest BCUT2D eigenvalue weighted by Gasteiger charge is -2.26. The van der Waals surface area contributed by atoms with Crippen molar-refractivity contribution in [1.82, 2.24) is 19.2 Å². The van der Waals surface area contributed by atoms with Crippen LogP contribution in [0.2, 0.25) is 0 Å². The third-order valence-corrected chi connectivity index (χ3v) is 8.29. The molecule has 2 N–H and O–H groups in total. The molecule has 6 rings (SSSR count). The first kappa shape index (κ1) is 29.0. The number of hydrogen-bond donors (Lipinski definition) is 2. The van der Waals surface area contributed by atoms with Gasteiger partial charge in [-0.15, -0.1) is 0 Å². The fourth-order valence-corrected chi connectivity index (χ4v) is 6.16. The molecule has 0 saturated heterocycles. The van der Waals surface area contributed by atoms with E-state index in [1.165, 1.54) is 6.42 Å². The van der Waals surface area contributed by atoms with Crippen molar-refractivity contribution in [3.8, 4) is 5.69 Å². The molecule has 1 saturated carbocycles. The van der Waals surface area contributed by atoms with E-state index < -0.39 is 17.8 Å². The second-order valence-corrected chi connectivity index (χ2v) is 11.1. The molecule has 10 nitrogen and oxygen atoms in total. The number of anilines is 1. The standard InChI is InChI=1S/C34H35N5O5/c1-3-44-34(43)30-20-23-18-24(15-17-28(23)37(30)2)36-31(40)21-35-32(41)22-14-16-29-27(19-22)33(42)39(26-12-8-5-9-13-26)38(29)25-10-6-4-7-11-25/h5,8-9,12-20,25H,3-4,6-7,10-11,21H2,1-2H3,(H,35,41)(H,36,40). The van der Waals surface area contributed by atoms with Gasteiger partial charge in [0.25, 0.3) is 11.5 Å². The van der Waals surface area contributed by atoms with Crippen molar-refractivity contribution in [2.24, 2.45) is 7.05 Å². The largest absolute Gasteiger partial charge is 0.461 e. The number of aryl methyl sites for hydroxylation is 1. The minimum absolute atomic E-state index is 0.174. The molecule has 226 valence electrons. The second kappa shape index (κ2) is 12.2. The Hall–Kier alpha value is -5.12. The maximum atomic E-state index is 13.7. The van der Waals surface area contributed by atoms with Gasteiger partial charge in [0.15, 0.2) is 0 Å². The van der Waals surface area contributed by atoms with Gasteiger partial charge in [0.05, 0.1) is 35.8 Å². The summed E-state index contributed by atoms with van der Waals surface area (Å²) in [7, 11) is 1.78. The van der Waals surface area contributed by atoms with E-state index in [1.54, 1.807) is 53.6 Å². The van der Waals surface area contributed by atoms with Crippen molar-refractivity contribution < 1.29 is 19.1 Å². The molecule has 0 radical (unpaired) electrons. The molecule has 1 aliphatic rings. The zero-order valence-corrected chi connectivity index (χ0v) is 24.8. The fraction of sp³-hybridized carbons (Fsp3) is 0.294. The van der Waals surface area contributed by atoms with Gasteiger partial charge >= 0.3 is 5.97 Å². The number of hydrogen-bond acceptors (Lipinski definition) is 5. The van der Waals surface area contributed by atoms with Crippen LogP contribution in [0.25, 0.3) is 27.5 Å². The number of nitrogens with zero attached hydrogens (tertiary/aromatic N) is 3. The smallest absolute Gasteiger partial charge is 0.354 e. The van der Waals surface area contributed by atoms with Gasteiger partial charge in [0.1, 0.15) is 5.69 Å². The first-order chi connectivity index (χ1) is 21.4. The third kappa shape index (κ3) is 5.50. The number of benzene rings is 3. The molecule has 0 bridgehead atoms. The van der Waals surface area contributed by atoms with E-state index in [1.807, 2.05) is 42.5 Å². The summed E-state index contributed by atoms with van der Waals surface area (Å²) in [6, 6.07) is 22.0. The topological polar surface area (TPSA) is 116 Å². The lowest BCUT2D eigenvalue weighted by molar-refractivity contribution is -0.115. The first-order valence-electron chi connectivity index (χ1n) is 15.0. The van der Waals surface area contributed by atoms with Crippen LogP contribution in [0.3, 0.4) is 0 Å². The highest BCUT2D eigenvalue weighted by atomic mass is 16.5. The number of amides is 2. The third-order valence-electron chi connectivity index (χ3n) is 8.29. The number of para-hydroxylation sites is 1. The molecule has 0 atom stereocenters. The summed E-state index contributed by atoms with van der Waals surface area (Å²) < 4.78 is 10.7. The zero-order valence-electron chi connectivity index (χ0n) is 24.8. The molecular formula is C34H35N5O5. The normalized spacial score (nSPS) is 13.7. The summed E-state index contributed by atoms with van der Waals surface area (Å²) in [5.74, 6) is -1.27. The van der Waals surface area contributed by atoms with Gasteiger partial charge in [-0.1, -0.05) is 37.5 Å². The Morgan fingerprint density at radius 3 is 2.41 bits per heavy atom. The predicted octanol–water partition coefficient (Wildman–Crippen LogP) is 5.33. The average molecular weight is 594 g/mol. The van der Waals surface area contributed by atoms with Crippen LogP contribution in [0, 0.1) is 0 Å². The SMILES string of the molecule is CCOC(=O)c1cc2cc(NC(=O)CNC(=O)c3ccc4c(c3)c(=O)n(-c3ccccc3)n4C3CCCCC3)ccc2n1C. The molecule has 5 aromatic rings. The molecule has 10 heteroatoms. The van der Waals surface area contributed by atoms with Crippen LogP contribution in [0.4, 0.5) is 5.69 Å². The van der Waals surface area contributed by atoms with Crippen molar-refractivity contribution in [3.05, 3.63) is 94.4 Å². The highest BCUT2D eigenvalue weighted by molar-refractivity contribution is 6.02. The molecular weight excluding hydrogens is 558 g/mol. The van der Waals surface area contributed by atoms with Crippen LogP contribution in [0.15, 0.2) is 77.6 Å². The van der Waals surface area contributed by atoms with Crippen LogP contribution < -0.4 is 16.2 Å². The Morgan fingerprint density at radius 1 is 0.909 bits per heavy atom. The Kier molecular flexibility index (Phi) is 8.06. The molecule has 2 amide bonds. The highest BCUT2D eigenvalue weighted by Gasteiger charge is 2.24.